The number of benzene rings is 3. The molecule has 0 saturated carbocycles. The first kappa shape index (κ1) is 23.0. The van der Waals surface area contributed by atoms with Gasteiger partial charge in [-0.25, -0.2) is 0 Å². The lowest BCUT2D eigenvalue weighted by molar-refractivity contribution is -0.0885. The standard InChI is InChI=1S/C23H17F3N2O3S/c24-23(25,26)20(29)16-9-11-17(12-10-16)21(30)28-22(32)27-18-7-4-8-19(13-18)31-14-15-5-2-1-3-6-15/h1-13H,14H2,(H2,27,28,30,32). The van der Waals surface area contributed by atoms with E-state index in [0.717, 1.165) is 29.8 Å². The molecular formula is C23H17F3N2O3S. The van der Waals surface area contributed by atoms with Crippen LogP contribution in [0.2, 0.25) is 0 Å². The van der Waals surface area contributed by atoms with Crippen molar-refractivity contribution in [3.05, 3.63) is 95.6 Å². The highest BCUT2D eigenvalue weighted by atomic mass is 32.1. The van der Waals surface area contributed by atoms with Gasteiger partial charge in [0.25, 0.3) is 11.7 Å². The van der Waals surface area contributed by atoms with Gasteiger partial charge >= 0.3 is 6.18 Å². The van der Waals surface area contributed by atoms with E-state index in [9.17, 15) is 22.8 Å². The molecule has 2 N–H and O–H groups in total. The second-order valence-electron chi connectivity index (χ2n) is 6.61. The highest BCUT2D eigenvalue weighted by Gasteiger charge is 2.39. The second-order valence-corrected chi connectivity index (χ2v) is 7.02. The van der Waals surface area contributed by atoms with Crippen LogP contribution in [0.5, 0.6) is 5.75 Å². The van der Waals surface area contributed by atoms with E-state index >= 15 is 0 Å². The van der Waals surface area contributed by atoms with Crippen molar-refractivity contribution in [2.75, 3.05) is 5.32 Å². The number of hydrogen-bond acceptors (Lipinski definition) is 4. The molecule has 164 valence electrons. The molecule has 32 heavy (non-hydrogen) atoms. The van der Waals surface area contributed by atoms with Crippen molar-refractivity contribution in [2.45, 2.75) is 12.8 Å². The van der Waals surface area contributed by atoms with Gasteiger partial charge < -0.3 is 10.1 Å². The minimum absolute atomic E-state index is 0.00865. The summed E-state index contributed by atoms with van der Waals surface area (Å²) in [6, 6.07) is 20.7. The number of rotatable bonds is 6. The van der Waals surface area contributed by atoms with Gasteiger partial charge in [-0.15, -0.1) is 0 Å². The van der Waals surface area contributed by atoms with E-state index in [0.29, 0.717) is 18.0 Å². The Balaban J connectivity index is 1.56. The Morgan fingerprint density at radius 3 is 2.19 bits per heavy atom. The molecule has 0 aliphatic rings. The molecule has 5 nitrogen and oxygen atoms in total. The molecule has 0 aliphatic carbocycles. The molecule has 9 heteroatoms. The highest BCUT2D eigenvalue weighted by molar-refractivity contribution is 7.80. The first-order chi connectivity index (χ1) is 15.2. The SMILES string of the molecule is O=C(NC(=S)Nc1cccc(OCc2ccccc2)c1)c1ccc(C(=O)C(F)(F)F)cc1. The Morgan fingerprint density at radius 1 is 0.875 bits per heavy atom. The van der Waals surface area contributed by atoms with Crippen molar-refractivity contribution in [3.63, 3.8) is 0 Å². The number of carbonyl (C=O) groups is 2. The van der Waals surface area contributed by atoms with Gasteiger partial charge in [0.15, 0.2) is 5.11 Å². The van der Waals surface area contributed by atoms with E-state index < -0.39 is 23.4 Å². The first-order valence-corrected chi connectivity index (χ1v) is 9.74. The number of nitrogens with one attached hydrogen (secondary N) is 2. The largest absolute Gasteiger partial charge is 0.489 e. The average Bonchev–Trinajstić information content (AvgIpc) is 2.77. The molecule has 0 aliphatic heterocycles. The van der Waals surface area contributed by atoms with Crippen LogP contribution in [0.4, 0.5) is 18.9 Å². The van der Waals surface area contributed by atoms with Gasteiger partial charge in [0, 0.05) is 22.9 Å². The number of anilines is 1. The van der Waals surface area contributed by atoms with E-state index in [1.54, 1.807) is 24.3 Å². The van der Waals surface area contributed by atoms with E-state index in [1.807, 2.05) is 30.3 Å². The summed E-state index contributed by atoms with van der Waals surface area (Å²) in [4.78, 5) is 23.5. The molecule has 3 aromatic carbocycles. The molecule has 0 fully saturated rings. The maximum atomic E-state index is 12.5. The zero-order chi connectivity index (χ0) is 23.1. The average molecular weight is 458 g/mol. The normalized spacial score (nSPS) is 10.8. The van der Waals surface area contributed by atoms with Crippen LogP contribution in [0.15, 0.2) is 78.9 Å². The van der Waals surface area contributed by atoms with Crippen molar-refractivity contribution >= 4 is 34.7 Å². The zero-order valence-electron chi connectivity index (χ0n) is 16.5. The van der Waals surface area contributed by atoms with Gasteiger partial charge in [-0.3, -0.25) is 14.9 Å². The maximum absolute atomic E-state index is 12.5. The number of Topliss-reactive ketones (excluding diaryl/α,β-unsaturated/α-hetero) is 1. The third-order valence-corrected chi connectivity index (χ3v) is 4.44. The fourth-order valence-corrected chi connectivity index (χ4v) is 2.89. The van der Waals surface area contributed by atoms with Crippen molar-refractivity contribution in [1.82, 2.24) is 5.32 Å². The summed E-state index contributed by atoms with van der Waals surface area (Å²) < 4.78 is 43.2. The van der Waals surface area contributed by atoms with Gasteiger partial charge in [-0.2, -0.15) is 13.2 Å². The highest BCUT2D eigenvalue weighted by Crippen LogP contribution is 2.22. The fraction of sp³-hybridized carbons (Fsp3) is 0.0870. The number of halogens is 3. The number of hydrogen-bond donors (Lipinski definition) is 2. The zero-order valence-corrected chi connectivity index (χ0v) is 17.3. The summed E-state index contributed by atoms with van der Waals surface area (Å²) >= 11 is 5.13. The minimum Gasteiger partial charge on any atom is -0.489 e. The fourth-order valence-electron chi connectivity index (χ4n) is 2.68. The van der Waals surface area contributed by atoms with Crippen molar-refractivity contribution in [1.29, 1.82) is 0 Å². The molecule has 0 saturated heterocycles. The van der Waals surface area contributed by atoms with Gasteiger partial charge in [0.1, 0.15) is 12.4 Å². The van der Waals surface area contributed by atoms with Crippen LogP contribution in [-0.4, -0.2) is 23.0 Å². The van der Waals surface area contributed by atoms with Crippen LogP contribution in [0.3, 0.4) is 0 Å². The molecule has 0 radical (unpaired) electrons. The number of ether oxygens (including phenoxy) is 1. The molecule has 3 aromatic rings. The van der Waals surface area contributed by atoms with E-state index in [4.69, 9.17) is 17.0 Å². The maximum Gasteiger partial charge on any atom is 0.454 e. The molecule has 1 amide bonds. The molecule has 0 bridgehead atoms. The molecule has 3 rings (SSSR count). The Bertz CT molecular complexity index is 1120. The van der Waals surface area contributed by atoms with E-state index in [-0.39, 0.29) is 10.7 Å². The topological polar surface area (TPSA) is 67.4 Å². The van der Waals surface area contributed by atoms with Crippen LogP contribution in [0.1, 0.15) is 26.3 Å². The van der Waals surface area contributed by atoms with Crippen LogP contribution in [0, 0.1) is 0 Å². The lowest BCUT2D eigenvalue weighted by Gasteiger charge is -2.12. The van der Waals surface area contributed by atoms with Crippen LogP contribution >= 0.6 is 12.2 Å². The van der Waals surface area contributed by atoms with Gasteiger partial charge in [0.2, 0.25) is 0 Å². The summed E-state index contributed by atoms with van der Waals surface area (Å²) in [7, 11) is 0. The van der Waals surface area contributed by atoms with Gasteiger partial charge in [-0.05, 0) is 42.0 Å². The Hall–Kier alpha value is -3.72. The van der Waals surface area contributed by atoms with Crippen molar-refractivity contribution in [3.8, 4) is 5.75 Å². The van der Waals surface area contributed by atoms with E-state index in [1.165, 1.54) is 0 Å². The lowest BCUT2D eigenvalue weighted by Crippen LogP contribution is -2.34. The molecule has 0 unspecified atom stereocenters. The number of ketones is 1. The predicted octanol–water partition coefficient (Wildman–Crippen LogP) is 5.14. The Labute approximate surface area is 187 Å². The predicted molar refractivity (Wildman–Crippen MR) is 118 cm³/mol. The summed E-state index contributed by atoms with van der Waals surface area (Å²) in [5.74, 6) is -2.01. The number of thiocarbonyl (C=S) groups is 1. The number of carbonyl (C=O) groups excluding carboxylic acids is 2. The van der Waals surface area contributed by atoms with Gasteiger partial charge in [-0.1, -0.05) is 48.5 Å². The Kier molecular flexibility index (Phi) is 7.21. The quantitative estimate of drug-likeness (QED) is 0.396. The lowest BCUT2D eigenvalue weighted by atomic mass is 10.1. The number of alkyl halides is 3. The third kappa shape index (κ3) is 6.39. The molecule has 0 atom stereocenters. The van der Waals surface area contributed by atoms with Crippen molar-refractivity contribution in [2.24, 2.45) is 0 Å². The molecule has 0 heterocycles. The number of amides is 1. The van der Waals surface area contributed by atoms with E-state index in [2.05, 4.69) is 10.6 Å². The second kappa shape index (κ2) is 10.1. The first-order valence-electron chi connectivity index (χ1n) is 9.33. The summed E-state index contributed by atoms with van der Waals surface area (Å²) in [6.07, 6.45) is -4.98. The summed E-state index contributed by atoms with van der Waals surface area (Å²) in [5.41, 5.74) is 1.08. The molecular weight excluding hydrogens is 441 g/mol. The van der Waals surface area contributed by atoms with Crippen LogP contribution in [0.25, 0.3) is 0 Å². The van der Waals surface area contributed by atoms with Crippen LogP contribution in [-0.2, 0) is 6.61 Å². The van der Waals surface area contributed by atoms with Crippen molar-refractivity contribution < 1.29 is 27.5 Å². The summed E-state index contributed by atoms with van der Waals surface area (Å²) in [5, 5.41) is 5.27. The minimum atomic E-state index is -4.98. The monoisotopic (exact) mass is 458 g/mol. The van der Waals surface area contributed by atoms with Crippen LogP contribution < -0.4 is 15.4 Å². The molecule has 0 spiro atoms. The third-order valence-electron chi connectivity index (χ3n) is 4.23. The smallest absolute Gasteiger partial charge is 0.454 e. The Morgan fingerprint density at radius 2 is 1.53 bits per heavy atom. The molecule has 0 aromatic heterocycles. The summed E-state index contributed by atoms with van der Waals surface area (Å²) in [6.45, 7) is 0.387. The van der Waals surface area contributed by atoms with Gasteiger partial charge in [0.05, 0.1) is 0 Å².